The molecule has 1 aliphatic rings. The lowest BCUT2D eigenvalue weighted by molar-refractivity contribution is -0.151. The maximum absolute atomic E-state index is 11.1. The Bertz CT molecular complexity index is 172. The van der Waals surface area contributed by atoms with Gasteiger partial charge in [0.1, 0.15) is 6.04 Å². The van der Waals surface area contributed by atoms with Gasteiger partial charge in [0.05, 0.1) is 7.11 Å². The van der Waals surface area contributed by atoms with Crippen molar-refractivity contribution >= 4 is 5.97 Å². The number of carbonyl (C=O) groups excluding carboxylic acids is 1. The standard InChI is InChI=1S/C9H17NO3/c1-13-9(12)8-4-6-10(8)5-2-3-7-11/h8,11H,2-7H2,1H3. The smallest absolute Gasteiger partial charge is 0.323 e. The molecule has 1 saturated heterocycles. The highest BCUT2D eigenvalue weighted by Crippen LogP contribution is 2.18. The van der Waals surface area contributed by atoms with Crippen LogP contribution in [0.4, 0.5) is 0 Å². The Morgan fingerprint density at radius 2 is 2.38 bits per heavy atom. The molecule has 0 radical (unpaired) electrons. The molecule has 1 N–H and O–H groups in total. The SMILES string of the molecule is COC(=O)C1CCN1CCCCO. The van der Waals surface area contributed by atoms with Crippen molar-refractivity contribution in [2.75, 3.05) is 26.8 Å². The van der Waals surface area contributed by atoms with E-state index in [4.69, 9.17) is 5.11 Å². The molecule has 1 unspecified atom stereocenters. The third kappa shape index (κ3) is 2.67. The second-order valence-corrected chi connectivity index (χ2v) is 3.29. The zero-order valence-corrected chi connectivity index (χ0v) is 8.03. The molecule has 0 saturated carbocycles. The zero-order chi connectivity index (χ0) is 9.68. The van der Waals surface area contributed by atoms with Gasteiger partial charge in [-0.15, -0.1) is 0 Å². The van der Waals surface area contributed by atoms with E-state index in [-0.39, 0.29) is 18.6 Å². The lowest BCUT2D eigenvalue weighted by Crippen LogP contribution is -2.52. The Morgan fingerprint density at radius 3 is 2.85 bits per heavy atom. The summed E-state index contributed by atoms with van der Waals surface area (Å²) in [6.45, 7) is 2.10. The minimum Gasteiger partial charge on any atom is -0.468 e. The summed E-state index contributed by atoms with van der Waals surface area (Å²) in [6, 6.07) is -0.0244. The van der Waals surface area contributed by atoms with Gasteiger partial charge in [0.25, 0.3) is 0 Å². The van der Waals surface area contributed by atoms with Crippen LogP contribution in [0.3, 0.4) is 0 Å². The van der Waals surface area contributed by atoms with Crippen LogP contribution in [-0.2, 0) is 9.53 Å². The molecule has 76 valence electrons. The number of aliphatic hydroxyl groups is 1. The van der Waals surface area contributed by atoms with Crippen LogP contribution in [0.5, 0.6) is 0 Å². The molecule has 1 atom stereocenters. The van der Waals surface area contributed by atoms with Crippen molar-refractivity contribution in [2.45, 2.75) is 25.3 Å². The first-order valence-electron chi connectivity index (χ1n) is 4.72. The molecular formula is C9H17NO3. The summed E-state index contributed by atoms with van der Waals surface area (Å²) in [5.41, 5.74) is 0. The minimum absolute atomic E-state index is 0.0244. The van der Waals surface area contributed by atoms with Crippen molar-refractivity contribution in [1.29, 1.82) is 0 Å². The Labute approximate surface area is 78.5 Å². The van der Waals surface area contributed by atoms with Crippen molar-refractivity contribution in [3.8, 4) is 0 Å². The molecule has 0 aromatic carbocycles. The van der Waals surface area contributed by atoms with Crippen molar-refractivity contribution in [3.63, 3.8) is 0 Å². The number of esters is 1. The largest absolute Gasteiger partial charge is 0.468 e. The number of rotatable bonds is 5. The van der Waals surface area contributed by atoms with E-state index >= 15 is 0 Å². The molecule has 0 aromatic heterocycles. The molecule has 0 amide bonds. The second-order valence-electron chi connectivity index (χ2n) is 3.29. The van der Waals surface area contributed by atoms with Crippen LogP contribution in [0.2, 0.25) is 0 Å². The number of ether oxygens (including phenoxy) is 1. The Kier molecular flexibility index (Phi) is 4.18. The van der Waals surface area contributed by atoms with Crippen LogP contribution in [-0.4, -0.2) is 48.8 Å². The van der Waals surface area contributed by atoms with Crippen molar-refractivity contribution < 1.29 is 14.6 Å². The molecular weight excluding hydrogens is 170 g/mol. The Morgan fingerprint density at radius 1 is 1.62 bits per heavy atom. The molecule has 4 heteroatoms. The van der Waals surface area contributed by atoms with E-state index in [9.17, 15) is 4.79 Å². The summed E-state index contributed by atoms with van der Waals surface area (Å²) in [5, 5.41) is 8.58. The topological polar surface area (TPSA) is 49.8 Å². The molecule has 1 aliphatic heterocycles. The van der Waals surface area contributed by atoms with Gasteiger partial charge < -0.3 is 9.84 Å². The first-order valence-corrected chi connectivity index (χ1v) is 4.72. The van der Waals surface area contributed by atoms with E-state index in [1.54, 1.807) is 0 Å². The quantitative estimate of drug-likeness (QED) is 0.486. The maximum atomic E-state index is 11.1. The van der Waals surface area contributed by atoms with Crippen LogP contribution in [0.25, 0.3) is 0 Å². The Balaban J connectivity index is 2.17. The molecule has 13 heavy (non-hydrogen) atoms. The van der Waals surface area contributed by atoms with Gasteiger partial charge in [0.2, 0.25) is 0 Å². The predicted octanol–water partition coefficient (Wildman–Crippen LogP) is 0.00620. The monoisotopic (exact) mass is 187 g/mol. The highest BCUT2D eigenvalue weighted by Gasteiger charge is 2.33. The Hall–Kier alpha value is -0.610. The first kappa shape index (κ1) is 10.5. The van der Waals surface area contributed by atoms with E-state index in [1.165, 1.54) is 7.11 Å². The van der Waals surface area contributed by atoms with Gasteiger partial charge in [0, 0.05) is 13.2 Å². The number of unbranched alkanes of at least 4 members (excludes halogenated alkanes) is 1. The molecule has 4 nitrogen and oxygen atoms in total. The molecule has 0 spiro atoms. The van der Waals surface area contributed by atoms with E-state index in [0.29, 0.717) is 0 Å². The molecule has 1 rings (SSSR count). The number of hydrogen-bond acceptors (Lipinski definition) is 4. The summed E-state index contributed by atoms with van der Waals surface area (Å²) in [6.07, 6.45) is 2.67. The predicted molar refractivity (Wildman–Crippen MR) is 48.3 cm³/mol. The molecule has 0 bridgehead atoms. The third-order valence-electron chi connectivity index (χ3n) is 2.46. The van der Waals surface area contributed by atoms with Gasteiger partial charge in [-0.3, -0.25) is 9.69 Å². The second kappa shape index (κ2) is 5.19. The number of hydrogen-bond donors (Lipinski definition) is 1. The maximum Gasteiger partial charge on any atom is 0.323 e. The highest BCUT2D eigenvalue weighted by molar-refractivity contribution is 5.76. The van der Waals surface area contributed by atoms with Crippen LogP contribution >= 0.6 is 0 Å². The number of nitrogens with zero attached hydrogens (tertiary/aromatic N) is 1. The van der Waals surface area contributed by atoms with E-state index in [1.807, 2.05) is 0 Å². The van der Waals surface area contributed by atoms with Gasteiger partial charge >= 0.3 is 5.97 Å². The summed E-state index contributed by atoms with van der Waals surface area (Å²) in [5.74, 6) is -0.129. The summed E-state index contributed by atoms with van der Waals surface area (Å²) in [4.78, 5) is 13.2. The summed E-state index contributed by atoms with van der Waals surface area (Å²) >= 11 is 0. The molecule has 0 aromatic rings. The van der Waals surface area contributed by atoms with E-state index in [2.05, 4.69) is 9.64 Å². The lowest BCUT2D eigenvalue weighted by atomic mass is 10.0. The van der Waals surface area contributed by atoms with Gasteiger partial charge in [0.15, 0.2) is 0 Å². The normalized spacial score (nSPS) is 22.5. The van der Waals surface area contributed by atoms with Crippen molar-refractivity contribution in [3.05, 3.63) is 0 Å². The van der Waals surface area contributed by atoms with Gasteiger partial charge in [-0.1, -0.05) is 0 Å². The van der Waals surface area contributed by atoms with Crippen LogP contribution in [0.15, 0.2) is 0 Å². The van der Waals surface area contributed by atoms with Gasteiger partial charge in [-0.25, -0.2) is 0 Å². The van der Waals surface area contributed by atoms with Crippen molar-refractivity contribution in [2.24, 2.45) is 0 Å². The fraction of sp³-hybridized carbons (Fsp3) is 0.889. The number of carbonyl (C=O) groups is 1. The van der Waals surface area contributed by atoms with E-state index < -0.39 is 0 Å². The van der Waals surface area contributed by atoms with Crippen LogP contribution in [0.1, 0.15) is 19.3 Å². The lowest BCUT2D eigenvalue weighted by Gasteiger charge is -2.38. The minimum atomic E-state index is -0.129. The molecule has 1 heterocycles. The van der Waals surface area contributed by atoms with Crippen LogP contribution < -0.4 is 0 Å². The third-order valence-corrected chi connectivity index (χ3v) is 2.46. The van der Waals surface area contributed by atoms with Crippen LogP contribution in [0, 0.1) is 0 Å². The number of aliphatic hydroxyl groups excluding tert-OH is 1. The number of likely N-dealkylation sites (tertiary alicyclic amines) is 1. The summed E-state index contributed by atoms with van der Waals surface area (Å²) < 4.78 is 4.66. The molecule has 0 aliphatic carbocycles. The average Bonchev–Trinajstić information content (AvgIpc) is 2.10. The fourth-order valence-electron chi connectivity index (χ4n) is 1.54. The fourth-order valence-corrected chi connectivity index (χ4v) is 1.54. The average molecular weight is 187 g/mol. The summed E-state index contributed by atoms with van der Waals surface area (Å²) in [7, 11) is 1.42. The number of methoxy groups -OCH3 is 1. The van der Waals surface area contributed by atoms with Crippen molar-refractivity contribution in [1.82, 2.24) is 4.90 Å². The molecule has 1 fully saturated rings. The first-order chi connectivity index (χ1) is 6.29. The van der Waals surface area contributed by atoms with Gasteiger partial charge in [-0.05, 0) is 25.8 Å². The van der Waals surface area contributed by atoms with Gasteiger partial charge in [-0.2, -0.15) is 0 Å². The highest BCUT2D eigenvalue weighted by atomic mass is 16.5. The van der Waals surface area contributed by atoms with E-state index in [0.717, 1.165) is 32.4 Å². The zero-order valence-electron chi connectivity index (χ0n) is 8.03.